The van der Waals surface area contributed by atoms with E-state index in [1.807, 2.05) is 12.1 Å². The van der Waals surface area contributed by atoms with Crippen LogP contribution in [0.4, 0.5) is 0 Å². The molecule has 1 aromatic carbocycles. The molecule has 3 rings (SSSR count). The first-order valence-electron chi connectivity index (χ1n) is 7.10. The van der Waals surface area contributed by atoms with Gasteiger partial charge < -0.3 is 14.2 Å². The van der Waals surface area contributed by atoms with Crippen LogP contribution in [0, 0.1) is 0 Å². The highest BCUT2D eigenvalue weighted by Gasteiger charge is 2.12. The van der Waals surface area contributed by atoms with Gasteiger partial charge in [0.05, 0.1) is 19.8 Å². The van der Waals surface area contributed by atoms with Gasteiger partial charge in [-0.15, -0.1) is 0 Å². The Morgan fingerprint density at radius 3 is 2.95 bits per heavy atom. The van der Waals surface area contributed by atoms with Crippen LogP contribution in [0.5, 0.6) is 11.5 Å². The maximum absolute atomic E-state index is 5.84. The standard InChI is InChI=1S/C15H21NO3/c1-2-13-12-14(3-4-15(13)19-8-1)18-11-7-16-5-9-17-10-6-16/h3-4,12H,1-2,5-11H2. The maximum Gasteiger partial charge on any atom is 0.122 e. The summed E-state index contributed by atoms with van der Waals surface area (Å²) in [7, 11) is 0. The number of aryl methyl sites for hydroxylation is 1. The fourth-order valence-corrected chi connectivity index (χ4v) is 2.54. The summed E-state index contributed by atoms with van der Waals surface area (Å²) in [4.78, 5) is 2.38. The first-order valence-corrected chi connectivity index (χ1v) is 7.10. The van der Waals surface area contributed by atoms with E-state index in [-0.39, 0.29) is 0 Å². The Morgan fingerprint density at radius 2 is 2.05 bits per heavy atom. The van der Waals surface area contributed by atoms with Crippen molar-refractivity contribution in [3.63, 3.8) is 0 Å². The number of ether oxygens (including phenoxy) is 3. The molecule has 0 unspecified atom stereocenters. The molecule has 1 saturated heterocycles. The molecule has 0 aliphatic carbocycles. The molecule has 0 radical (unpaired) electrons. The molecule has 0 saturated carbocycles. The van der Waals surface area contributed by atoms with Crippen molar-refractivity contribution in [2.45, 2.75) is 12.8 Å². The van der Waals surface area contributed by atoms with Crippen molar-refractivity contribution in [3.8, 4) is 11.5 Å². The molecule has 0 aromatic heterocycles. The Morgan fingerprint density at radius 1 is 1.16 bits per heavy atom. The van der Waals surface area contributed by atoms with Gasteiger partial charge in [-0.25, -0.2) is 0 Å². The van der Waals surface area contributed by atoms with Crippen LogP contribution in [0.25, 0.3) is 0 Å². The average molecular weight is 263 g/mol. The molecule has 0 spiro atoms. The van der Waals surface area contributed by atoms with Gasteiger partial charge in [-0.3, -0.25) is 4.90 Å². The summed E-state index contributed by atoms with van der Waals surface area (Å²) in [6, 6.07) is 6.15. The summed E-state index contributed by atoms with van der Waals surface area (Å²) in [5.74, 6) is 1.98. The second-order valence-electron chi connectivity index (χ2n) is 5.02. The molecule has 2 aliphatic rings. The third kappa shape index (κ3) is 3.39. The number of hydrogen-bond donors (Lipinski definition) is 0. The van der Waals surface area contributed by atoms with E-state index in [1.165, 1.54) is 5.56 Å². The largest absolute Gasteiger partial charge is 0.493 e. The zero-order chi connectivity index (χ0) is 12.9. The number of nitrogens with zero attached hydrogens (tertiary/aromatic N) is 1. The first-order chi connectivity index (χ1) is 9.42. The van der Waals surface area contributed by atoms with Crippen LogP contribution in [0.15, 0.2) is 18.2 Å². The van der Waals surface area contributed by atoms with Crippen molar-refractivity contribution in [1.82, 2.24) is 4.90 Å². The highest BCUT2D eigenvalue weighted by Crippen LogP contribution is 2.28. The summed E-state index contributed by atoms with van der Waals surface area (Å²) in [6.07, 6.45) is 2.19. The van der Waals surface area contributed by atoms with E-state index in [4.69, 9.17) is 14.2 Å². The Labute approximate surface area is 114 Å². The van der Waals surface area contributed by atoms with Crippen molar-refractivity contribution in [3.05, 3.63) is 23.8 Å². The molecule has 4 heteroatoms. The van der Waals surface area contributed by atoms with Gasteiger partial charge >= 0.3 is 0 Å². The molecule has 2 aliphatic heterocycles. The predicted octanol–water partition coefficient (Wildman–Crippen LogP) is 1.72. The van der Waals surface area contributed by atoms with Gasteiger partial charge in [-0.1, -0.05) is 0 Å². The smallest absolute Gasteiger partial charge is 0.122 e. The summed E-state index contributed by atoms with van der Waals surface area (Å²) in [5.41, 5.74) is 1.27. The molecule has 0 amide bonds. The van der Waals surface area contributed by atoms with E-state index in [1.54, 1.807) is 0 Å². The number of benzene rings is 1. The van der Waals surface area contributed by atoms with Gasteiger partial charge in [0.2, 0.25) is 0 Å². The number of morpholine rings is 1. The minimum Gasteiger partial charge on any atom is -0.493 e. The highest BCUT2D eigenvalue weighted by molar-refractivity contribution is 5.41. The van der Waals surface area contributed by atoms with Crippen LogP contribution < -0.4 is 9.47 Å². The van der Waals surface area contributed by atoms with Crippen LogP contribution >= 0.6 is 0 Å². The van der Waals surface area contributed by atoms with E-state index in [9.17, 15) is 0 Å². The quantitative estimate of drug-likeness (QED) is 0.827. The van der Waals surface area contributed by atoms with Gasteiger partial charge in [-0.05, 0) is 36.6 Å². The topological polar surface area (TPSA) is 30.9 Å². The van der Waals surface area contributed by atoms with E-state index in [0.29, 0.717) is 0 Å². The maximum atomic E-state index is 5.84. The normalized spacial score (nSPS) is 19.6. The van der Waals surface area contributed by atoms with E-state index < -0.39 is 0 Å². The lowest BCUT2D eigenvalue weighted by atomic mass is 10.1. The molecule has 1 fully saturated rings. The summed E-state index contributed by atoms with van der Waals surface area (Å²) >= 11 is 0. The molecule has 0 N–H and O–H groups in total. The molecule has 19 heavy (non-hydrogen) atoms. The van der Waals surface area contributed by atoms with Crippen LogP contribution in [-0.4, -0.2) is 51.0 Å². The Hall–Kier alpha value is -1.26. The number of hydrogen-bond acceptors (Lipinski definition) is 4. The van der Waals surface area contributed by atoms with Gasteiger partial charge in [0, 0.05) is 19.6 Å². The van der Waals surface area contributed by atoms with Crippen molar-refractivity contribution in [2.24, 2.45) is 0 Å². The zero-order valence-corrected chi connectivity index (χ0v) is 11.3. The zero-order valence-electron chi connectivity index (χ0n) is 11.3. The first kappa shape index (κ1) is 12.8. The fraction of sp³-hybridized carbons (Fsp3) is 0.600. The molecule has 4 nitrogen and oxygen atoms in total. The van der Waals surface area contributed by atoms with Crippen LogP contribution in [0.2, 0.25) is 0 Å². The second-order valence-corrected chi connectivity index (χ2v) is 5.02. The Balaban J connectivity index is 1.49. The lowest BCUT2D eigenvalue weighted by Crippen LogP contribution is -2.38. The van der Waals surface area contributed by atoms with E-state index in [0.717, 1.165) is 70.4 Å². The van der Waals surface area contributed by atoms with Crippen LogP contribution in [0.3, 0.4) is 0 Å². The molecule has 104 valence electrons. The van der Waals surface area contributed by atoms with Crippen LogP contribution in [-0.2, 0) is 11.2 Å². The lowest BCUT2D eigenvalue weighted by molar-refractivity contribution is 0.0322. The van der Waals surface area contributed by atoms with Gasteiger partial charge in [-0.2, -0.15) is 0 Å². The van der Waals surface area contributed by atoms with Crippen molar-refractivity contribution < 1.29 is 14.2 Å². The van der Waals surface area contributed by atoms with E-state index >= 15 is 0 Å². The van der Waals surface area contributed by atoms with Crippen LogP contribution in [0.1, 0.15) is 12.0 Å². The SMILES string of the molecule is c1cc2c(cc1OCCN1CCOCC1)CCCO2. The fourth-order valence-electron chi connectivity index (χ4n) is 2.54. The predicted molar refractivity (Wildman–Crippen MR) is 73.0 cm³/mol. The van der Waals surface area contributed by atoms with Crippen molar-refractivity contribution in [2.75, 3.05) is 46.1 Å². The third-order valence-electron chi connectivity index (χ3n) is 3.66. The van der Waals surface area contributed by atoms with Gasteiger partial charge in [0.15, 0.2) is 0 Å². The Bertz CT molecular complexity index is 416. The second kappa shape index (κ2) is 6.26. The number of rotatable bonds is 4. The monoisotopic (exact) mass is 263 g/mol. The third-order valence-corrected chi connectivity index (χ3v) is 3.66. The molecule has 2 heterocycles. The summed E-state index contributed by atoms with van der Waals surface area (Å²) in [6.45, 7) is 6.26. The molecular formula is C15H21NO3. The number of fused-ring (bicyclic) bond motifs is 1. The molecule has 1 aromatic rings. The van der Waals surface area contributed by atoms with Crippen molar-refractivity contribution in [1.29, 1.82) is 0 Å². The van der Waals surface area contributed by atoms with Crippen molar-refractivity contribution >= 4 is 0 Å². The van der Waals surface area contributed by atoms with E-state index in [2.05, 4.69) is 11.0 Å². The average Bonchev–Trinajstić information content (AvgIpc) is 2.48. The minimum absolute atomic E-state index is 0.736. The summed E-state index contributed by atoms with van der Waals surface area (Å²) in [5, 5.41) is 0. The lowest BCUT2D eigenvalue weighted by Gasteiger charge is -2.26. The highest BCUT2D eigenvalue weighted by atomic mass is 16.5. The van der Waals surface area contributed by atoms with Gasteiger partial charge in [0.1, 0.15) is 18.1 Å². The summed E-state index contributed by atoms with van der Waals surface area (Å²) < 4.78 is 16.8. The van der Waals surface area contributed by atoms with Gasteiger partial charge in [0.25, 0.3) is 0 Å². The molecule has 0 atom stereocenters. The molecule has 0 bridgehead atoms. The minimum atomic E-state index is 0.736. The molecular weight excluding hydrogens is 242 g/mol. The Kier molecular flexibility index (Phi) is 4.20.